The molecule has 0 bridgehead atoms. The molecule has 1 aromatic rings. The molecule has 0 saturated heterocycles. The summed E-state index contributed by atoms with van der Waals surface area (Å²) in [7, 11) is 3.64. The Kier molecular flexibility index (Phi) is 4.06. The first-order chi connectivity index (χ1) is 11.8. The second kappa shape index (κ2) is 5.94. The first-order valence-corrected chi connectivity index (χ1v) is 7.72. The minimum atomic E-state index is -4.68. The van der Waals surface area contributed by atoms with E-state index < -0.39 is 23.4 Å². The summed E-state index contributed by atoms with van der Waals surface area (Å²) < 4.78 is 39.5. The molecule has 1 amide bonds. The van der Waals surface area contributed by atoms with Gasteiger partial charge in [0.1, 0.15) is 5.82 Å². The number of alkyl halides is 3. The Morgan fingerprint density at radius 1 is 1.08 bits per heavy atom. The molecule has 0 saturated carbocycles. The third-order valence-corrected chi connectivity index (χ3v) is 4.20. The van der Waals surface area contributed by atoms with Crippen LogP contribution in [0.5, 0.6) is 0 Å². The van der Waals surface area contributed by atoms with Crippen LogP contribution in [-0.2, 0) is 4.79 Å². The van der Waals surface area contributed by atoms with E-state index in [0.29, 0.717) is 5.82 Å². The number of rotatable bonds is 2. The molecule has 25 heavy (non-hydrogen) atoms. The SMILES string of the molecule is CCN1N=C(C(F)(F)F)/C(=C\C=C2N(C)c3ccccc3N2C)C1=O. The van der Waals surface area contributed by atoms with Gasteiger partial charge < -0.3 is 9.80 Å². The fourth-order valence-electron chi connectivity index (χ4n) is 2.92. The van der Waals surface area contributed by atoms with Crippen molar-refractivity contribution in [2.45, 2.75) is 13.1 Å². The monoisotopic (exact) mass is 350 g/mol. The Labute approximate surface area is 143 Å². The summed E-state index contributed by atoms with van der Waals surface area (Å²) in [5.74, 6) is -0.0783. The smallest absolute Gasteiger partial charge is 0.329 e. The predicted octanol–water partition coefficient (Wildman–Crippen LogP) is 3.12. The van der Waals surface area contributed by atoms with Gasteiger partial charge in [0.2, 0.25) is 0 Å². The molecular weight excluding hydrogens is 333 g/mol. The maximum Gasteiger partial charge on any atom is 0.435 e. The molecule has 2 heterocycles. The normalized spacial score (nSPS) is 19.0. The Balaban J connectivity index is 2.00. The lowest BCUT2D eigenvalue weighted by Gasteiger charge is -2.17. The van der Waals surface area contributed by atoms with Crippen molar-refractivity contribution in [3.63, 3.8) is 0 Å². The van der Waals surface area contributed by atoms with Gasteiger partial charge in [0.25, 0.3) is 5.91 Å². The summed E-state index contributed by atoms with van der Waals surface area (Å²) in [4.78, 5) is 15.9. The van der Waals surface area contributed by atoms with Crippen molar-refractivity contribution >= 4 is 23.0 Å². The zero-order valence-electron chi connectivity index (χ0n) is 14.0. The highest BCUT2D eigenvalue weighted by atomic mass is 19.4. The second-order valence-electron chi connectivity index (χ2n) is 5.68. The highest BCUT2D eigenvalue weighted by Gasteiger charge is 2.45. The summed E-state index contributed by atoms with van der Waals surface area (Å²) in [5, 5.41) is 4.24. The minimum absolute atomic E-state index is 0.0809. The zero-order valence-corrected chi connectivity index (χ0v) is 14.0. The van der Waals surface area contributed by atoms with Crippen molar-refractivity contribution in [3.05, 3.63) is 47.8 Å². The fourth-order valence-corrected chi connectivity index (χ4v) is 2.92. The molecule has 0 aliphatic carbocycles. The van der Waals surface area contributed by atoms with E-state index in [1.165, 1.54) is 12.2 Å². The minimum Gasteiger partial charge on any atom is -0.329 e. The number of anilines is 2. The molecule has 2 aliphatic heterocycles. The van der Waals surface area contributed by atoms with Crippen LogP contribution < -0.4 is 9.80 Å². The quantitative estimate of drug-likeness (QED) is 0.770. The molecule has 0 N–H and O–H groups in total. The Morgan fingerprint density at radius 2 is 1.64 bits per heavy atom. The topological polar surface area (TPSA) is 39.1 Å². The van der Waals surface area contributed by atoms with Crippen molar-refractivity contribution < 1.29 is 18.0 Å². The van der Waals surface area contributed by atoms with E-state index in [1.807, 2.05) is 48.2 Å². The summed E-state index contributed by atoms with van der Waals surface area (Å²) in [6.07, 6.45) is -1.98. The van der Waals surface area contributed by atoms with Gasteiger partial charge in [-0.15, -0.1) is 0 Å². The van der Waals surface area contributed by atoms with E-state index in [2.05, 4.69) is 5.10 Å². The molecule has 0 radical (unpaired) electrons. The number of allylic oxidation sites excluding steroid dienone is 2. The van der Waals surface area contributed by atoms with E-state index in [0.717, 1.165) is 16.4 Å². The molecule has 0 aromatic heterocycles. The maximum absolute atomic E-state index is 13.2. The zero-order chi connectivity index (χ0) is 18.4. The van der Waals surface area contributed by atoms with Crippen LogP contribution in [0.4, 0.5) is 24.5 Å². The number of likely N-dealkylation sites (N-methyl/N-ethyl adjacent to an activating group) is 1. The molecule has 1 aromatic carbocycles. The number of halogens is 3. The standard InChI is InChI=1S/C17H17F3N4O/c1-4-24-16(25)11(15(21-24)17(18,19)20)9-10-14-22(2)12-7-5-6-8-13(12)23(14)3/h5-10H,4H2,1-3H3/b11-9+. The number of para-hydroxylation sites is 2. The number of hydrogen-bond donors (Lipinski definition) is 0. The molecule has 0 fully saturated rings. The molecule has 8 heteroatoms. The Bertz CT molecular complexity index is 779. The number of amides is 1. The fraction of sp³-hybridized carbons (Fsp3) is 0.294. The molecule has 5 nitrogen and oxygen atoms in total. The third kappa shape index (κ3) is 2.77. The number of hydrazone groups is 1. The van der Waals surface area contributed by atoms with Gasteiger partial charge >= 0.3 is 6.18 Å². The van der Waals surface area contributed by atoms with Gasteiger partial charge in [-0.2, -0.15) is 18.3 Å². The lowest BCUT2D eigenvalue weighted by molar-refractivity contribution is -0.125. The Morgan fingerprint density at radius 3 is 2.12 bits per heavy atom. The van der Waals surface area contributed by atoms with Crippen molar-refractivity contribution in [2.75, 3.05) is 30.4 Å². The van der Waals surface area contributed by atoms with Crippen LogP contribution >= 0.6 is 0 Å². The van der Waals surface area contributed by atoms with Crippen LogP contribution in [0.2, 0.25) is 0 Å². The van der Waals surface area contributed by atoms with Crippen LogP contribution in [0.25, 0.3) is 0 Å². The number of carbonyl (C=O) groups excluding carboxylic acids is 1. The van der Waals surface area contributed by atoms with Gasteiger partial charge in [0, 0.05) is 20.6 Å². The van der Waals surface area contributed by atoms with Crippen LogP contribution in [0, 0.1) is 0 Å². The number of carbonyl (C=O) groups is 1. The Hall–Kier alpha value is -2.77. The van der Waals surface area contributed by atoms with E-state index in [-0.39, 0.29) is 6.54 Å². The average Bonchev–Trinajstić information content (AvgIpc) is 3.02. The first kappa shape index (κ1) is 17.1. The van der Waals surface area contributed by atoms with Gasteiger partial charge in [0.15, 0.2) is 5.71 Å². The molecule has 3 rings (SSSR count). The van der Waals surface area contributed by atoms with Gasteiger partial charge in [-0.05, 0) is 31.2 Å². The van der Waals surface area contributed by atoms with Crippen molar-refractivity contribution in [2.24, 2.45) is 5.10 Å². The van der Waals surface area contributed by atoms with E-state index >= 15 is 0 Å². The average molecular weight is 350 g/mol. The number of hydrogen-bond acceptors (Lipinski definition) is 4. The van der Waals surface area contributed by atoms with Crippen molar-refractivity contribution in [1.29, 1.82) is 0 Å². The van der Waals surface area contributed by atoms with E-state index in [9.17, 15) is 18.0 Å². The van der Waals surface area contributed by atoms with Crippen molar-refractivity contribution in [1.82, 2.24) is 5.01 Å². The van der Waals surface area contributed by atoms with Crippen LogP contribution in [0.15, 0.2) is 52.9 Å². The van der Waals surface area contributed by atoms with E-state index in [4.69, 9.17) is 0 Å². The first-order valence-electron chi connectivity index (χ1n) is 7.72. The summed E-state index contributed by atoms with van der Waals surface area (Å²) in [6, 6.07) is 7.61. The predicted molar refractivity (Wildman–Crippen MR) is 90.3 cm³/mol. The summed E-state index contributed by atoms with van der Waals surface area (Å²) in [5.41, 5.74) is 0.274. The van der Waals surface area contributed by atoms with Crippen LogP contribution in [0.1, 0.15) is 6.92 Å². The third-order valence-electron chi connectivity index (χ3n) is 4.20. The summed E-state index contributed by atoms with van der Waals surface area (Å²) in [6.45, 7) is 1.66. The highest BCUT2D eigenvalue weighted by Crippen LogP contribution is 2.39. The molecular formula is C17H17F3N4O. The van der Waals surface area contributed by atoms with Crippen LogP contribution in [-0.4, -0.2) is 43.4 Å². The molecule has 132 valence electrons. The second-order valence-corrected chi connectivity index (χ2v) is 5.68. The van der Waals surface area contributed by atoms with Gasteiger partial charge in [-0.25, -0.2) is 5.01 Å². The van der Waals surface area contributed by atoms with Gasteiger partial charge in [-0.1, -0.05) is 12.1 Å². The summed E-state index contributed by atoms with van der Waals surface area (Å²) >= 11 is 0. The molecule has 0 atom stereocenters. The maximum atomic E-state index is 13.2. The molecule has 0 unspecified atom stereocenters. The van der Waals surface area contributed by atoms with Crippen molar-refractivity contribution in [3.8, 4) is 0 Å². The largest absolute Gasteiger partial charge is 0.435 e. The number of nitrogens with zero attached hydrogens (tertiary/aromatic N) is 4. The van der Waals surface area contributed by atoms with Crippen LogP contribution in [0.3, 0.4) is 0 Å². The lowest BCUT2D eigenvalue weighted by atomic mass is 10.1. The van der Waals surface area contributed by atoms with Gasteiger partial charge in [0.05, 0.1) is 16.9 Å². The molecule has 2 aliphatic rings. The molecule has 0 spiro atoms. The highest BCUT2D eigenvalue weighted by molar-refractivity contribution is 6.26. The van der Waals surface area contributed by atoms with Gasteiger partial charge in [-0.3, -0.25) is 4.79 Å². The lowest BCUT2D eigenvalue weighted by Crippen LogP contribution is -2.26. The van der Waals surface area contributed by atoms with E-state index in [1.54, 1.807) is 6.92 Å². The number of benzene rings is 1. The number of fused-ring (bicyclic) bond motifs is 1.